The molecule has 0 bridgehead atoms. The average molecular weight is 357 g/mol. The number of likely N-dealkylation sites (N-methyl/N-ethyl adjacent to an activating group) is 2. The maximum absolute atomic E-state index is 12.7. The lowest BCUT2D eigenvalue weighted by molar-refractivity contribution is -0.129. The van der Waals surface area contributed by atoms with Gasteiger partial charge in [-0.15, -0.1) is 0 Å². The number of rotatable bonds is 7. The van der Waals surface area contributed by atoms with Crippen LogP contribution >= 0.6 is 0 Å². The molecular formula is C21H32N4O. The highest BCUT2D eigenvalue weighted by molar-refractivity contribution is 5.89. The Morgan fingerprint density at radius 2 is 1.88 bits per heavy atom. The molecule has 1 fully saturated rings. The number of piperazine rings is 1. The SMILES string of the molecule is CCn1cc(CC(=O)N(C)CCCN2CCN(C)CC2)c2ccccc21. The van der Waals surface area contributed by atoms with Crippen LogP contribution in [0.25, 0.3) is 10.9 Å². The van der Waals surface area contributed by atoms with Gasteiger partial charge >= 0.3 is 0 Å². The number of fused-ring (bicyclic) bond motifs is 1. The van der Waals surface area contributed by atoms with Gasteiger partial charge in [0, 0.05) is 63.4 Å². The topological polar surface area (TPSA) is 31.7 Å². The third kappa shape index (κ3) is 4.46. The molecule has 5 nitrogen and oxygen atoms in total. The van der Waals surface area contributed by atoms with Crippen molar-refractivity contribution in [3.05, 3.63) is 36.0 Å². The molecule has 3 rings (SSSR count). The second kappa shape index (κ2) is 8.69. The minimum atomic E-state index is 0.211. The van der Waals surface area contributed by atoms with Crippen LogP contribution in [0.15, 0.2) is 30.5 Å². The Bertz CT molecular complexity index is 731. The van der Waals surface area contributed by atoms with Crippen LogP contribution in [-0.2, 0) is 17.8 Å². The summed E-state index contributed by atoms with van der Waals surface area (Å²) in [6, 6.07) is 8.37. The quantitative estimate of drug-likeness (QED) is 0.763. The van der Waals surface area contributed by atoms with E-state index in [9.17, 15) is 4.79 Å². The third-order valence-electron chi connectivity index (χ3n) is 5.54. The Kier molecular flexibility index (Phi) is 6.33. The van der Waals surface area contributed by atoms with Gasteiger partial charge in [0.25, 0.3) is 0 Å². The lowest BCUT2D eigenvalue weighted by Gasteiger charge is -2.32. The smallest absolute Gasteiger partial charge is 0.226 e. The van der Waals surface area contributed by atoms with E-state index < -0.39 is 0 Å². The van der Waals surface area contributed by atoms with Gasteiger partial charge in [-0.25, -0.2) is 0 Å². The van der Waals surface area contributed by atoms with E-state index in [1.54, 1.807) is 0 Å². The Balaban J connectivity index is 1.51. The first-order chi connectivity index (χ1) is 12.6. The van der Waals surface area contributed by atoms with Crippen LogP contribution in [0, 0.1) is 0 Å². The molecule has 0 radical (unpaired) electrons. The molecule has 1 saturated heterocycles. The van der Waals surface area contributed by atoms with Crippen LogP contribution in [0.2, 0.25) is 0 Å². The van der Waals surface area contributed by atoms with Gasteiger partial charge in [0.15, 0.2) is 0 Å². The van der Waals surface area contributed by atoms with E-state index in [0.29, 0.717) is 6.42 Å². The molecule has 2 heterocycles. The zero-order valence-corrected chi connectivity index (χ0v) is 16.4. The minimum absolute atomic E-state index is 0.211. The van der Waals surface area contributed by atoms with Crippen LogP contribution < -0.4 is 0 Å². The summed E-state index contributed by atoms with van der Waals surface area (Å²) in [4.78, 5) is 19.5. The number of hydrogen-bond acceptors (Lipinski definition) is 3. The molecule has 2 aromatic rings. The number of hydrogen-bond donors (Lipinski definition) is 0. The van der Waals surface area contributed by atoms with Gasteiger partial charge in [-0.2, -0.15) is 0 Å². The number of amides is 1. The van der Waals surface area contributed by atoms with Crippen molar-refractivity contribution in [1.29, 1.82) is 0 Å². The van der Waals surface area contributed by atoms with Gasteiger partial charge in [-0.1, -0.05) is 18.2 Å². The van der Waals surface area contributed by atoms with E-state index in [0.717, 1.165) is 57.8 Å². The first-order valence-electron chi connectivity index (χ1n) is 9.80. The molecule has 26 heavy (non-hydrogen) atoms. The largest absolute Gasteiger partial charge is 0.347 e. The molecule has 0 atom stereocenters. The van der Waals surface area contributed by atoms with Gasteiger partial charge in [0.1, 0.15) is 0 Å². The number of carbonyl (C=O) groups is 1. The van der Waals surface area contributed by atoms with Gasteiger partial charge in [-0.05, 0) is 38.6 Å². The number of para-hydroxylation sites is 1. The number of benzene rings is 1. The molecule has 5 heteroatoms. The summed E-state index contributed by atoms with van der Waals surface area (Å²) in [6.07, 6.45) is 3.67. The van der Waals surface area contributed by atoms with Crippen molar-refractivity contribution >= 4 is 16.8 Å². The Morgan fingerprint density at radius 1 is 1.15 bits per heavy atom. The van der Waals surface area contributed by atoms with Crippen molar-refractivity contribution in [3.63, 3.8) is 0 Å². The van der Waals surface area contributed by atoms with Gasteiger partial charge in [0.2, 0.25) is 5.91 Å². The van der Waals surface area contributed by atoms with Crippen LogP contribution in [0.1, 0.15) is 18.9 Å². The Hall–Kier alpha value is -1.85. The summed E-state index contributed by atoms with van der Waals surface area (Å²) >= 11 is 0. The van der Waals surface area contributed by atoms with Gasteiger partial charge < -0.3 is 19.3 Å². The van der Waals surface area contributed by atoms with E-state index in [1.165, 1.54) is 10.9 Å². The molecule has 0 saturated carbocycles. The maximum atomic E-state index is 12.7. The van der Waals surface area contributed by atoms with Crippen LogP contribution in [0.5, 0.6) is 0 Å². The fourth-order valence-electron chi connectivity index (χ4n) is 3.75. The predicted octanol–water partition coefficient (Wildman–Crippen LogP) is 2.30. The summed E-state index contributed by atoms with van der Waals surface area (Å²) in [5, 5.41) is 1.20. The minimum Gasteiger partial charge on any atom is -0.347 e. The van der Waals surface area contributed by atoms with Crippen molar-refractivity contribution in [2.24, 2.45) is 0 Å². The normalized spacial score (nSPS) is 16.3. The highest BCUT2D eigenvalue weighted by atomic mass is 16.2. The molecule has 1 aliphatic rings. The number of aromatic nitrogens is 1. The van der Waals surface area contributed by atoms with E-state index in [4.69, 9.17) is 0 Å². The van der Waals surface area contributed by atoms with E-state index in [-0.39, 0.29) is 5.91 Å². The summed E-state index contributed by atoms with van der Waals surface area (Å²) in [6.45, 7) is 9.57. The molecule has 1 amide bonds. The van der Waals surface area contributed by atoms with Crippen molar-refractivity contribution < 1.29 is 4.79 Å². The van der Waals surface area contributed by atoms with Crippen molar-refractivity contribution in [3.8, 4) is 0 Å². The second-order valence-electron chi connectivity index (χ2n) is 7.45. The highest BCUT2D eigenvalue weighted by Crippen LogP contribution is 2.22. The van der Waals surface area contributed by atoms with Crippen LogP contribution in [-0.4, -0.2) is 78.5 Å². The molecular weight excluding hydrogens is 324 g/mol. The summed E-state index contributed by atoms with van der Waals surface area (Å²) < 4.78 is 2.23. The van der Waals surface area contributed by atoms with Gasteiger partial charge in [0.05, 0.1) is 6.42 Å². The fourth-order valence-corrected chi connectivity index (χ4v) is 3.75. The van der Waals surface area contributed by atoms with E-state index >= 15 is 0 Å². The van der Waals surface area contributed by atoms with E-state index in [1.807, 2.05) is 11.9 Å². The van der Waals surface area contributed by atoms with E-state index in [2.05, 4.69) is 58.8 Å². The zero-order valence-electron chi connectivity index (χ0n) is 16.4. The lowest BCUT2D eigenvalue weighted by atomic mass is 10.1. The highest BCUT2D eigenvalue weighted by Gasteiger charge is 2.16. The molecule has 0 aliphatic carbocycles. The molecule has 142 valence electrons. The van der Waals surface area contributed by atoms with Gasteiger partial charge in [-0.3, -0.25) is 4.79 Å². The number of aryl methyl sites for hydroxylation is 1. The molecule has 1 aromatic carbocycles. The summed E-state index contributed by atoms with van der Waals surface area (Å²) in [5.41, 5.74) is 2.36. The molecule has 0 spiro atoms. The Labute approximate surface area is 157 Å². The van der Waals surface area contributed by atoms with Crippen molar-refractivity contribution in [2.45, 2.75) is 26.3 Å². The third-order valence-corrected chi connectivity index (χ3v) is 5.54. The summed E-state index contributed by atoms with van der Waals surface area (Å²) in [5.74, 6) is 0.211. The Morgan fingerprint density at radius 3 is 2.62 bits per heavy atom. The second-order valence-corrected chi connectivity index (χ2v) is 7.45. The molecule has 1 aromatic heterocycles. The monoisotopic (exact) mass is 356 g/mol. The van der Waals surface area contributed by atoms with Crippen LogP contribution in [0.4, 0.5) is 0 Å². The summed E-state index contributed by atoms with van der Waals surface area (Å²) in [7, 11) is 4.12. The lowest BCUT2D eigenvalue weighted by Crippen LogP contribution is -2.45. The number of nitrogens with zero attached hydrogens (tertiary/aromatic N) is 4. The average Bonchev–Trinajstić information content (AvgIpc) is 3.01. The standard InChI is InChI=1S/C21H32N4O/c1-4-25-17-18(19-8-5-6-9-20(19)25)16-21(26)23(3)10-7-11-24-14-12-22(2)13-15-24/h5-6,8-9,17H,4,7,10-16H2,1-3H3. The zero-order chi connectivity index (χ0) is 18.5. The first-order valence-corrected chi connectivity index (χ1v) is 9.80. The number of carbonyl (C=O) groups excluding carboxylic acids is 1. The van der Waals surface area contributed by atoms with Crippen molar-refractivity contribution in [2.75, 3.05) is 53.4 Å². The predicted molar refractivity (Wildman–Crippen MR) is 108 cm³/mol. The molecule has 1 aliphatic heterocycles. The molecule has 0 unspecified atom stereocenters. The fraction of sp³-hybridized carbons (Fsp3) is 0.571. The first kappa shape index (κ1) is 18.9. The maximum Gasteiger partial charge on any atom is 0.226 e. The molecule has 0 N–H and O–H groups in total. The van der Waals surface area contributed by atoms with Crippen LogP contribution in [0.3, 0.4) is 0 Å². The van der Waals surface area contributed by atoms with Crippen molar-refractivity contribution in [1.82, 2.24) is 19.3 Å².